The topological polar surface area (TPSA) is 76.9 Å². The Morgan fingerprint density at radius 1 is 1.29 bits per heavy atom. The lowest BCUT2D eigenvalue weighted by Gasteiger charge is -2.03. The molecule has 0 atom stereocenters. The lowest BCUT2D eigenvalue weighted by Crippen LogP contribution is -2.48. The zero-order valence-corrected chi connectivity index (χ0v) is 10.2. The van der Waals surface area contributed by atoms with Crippen LogP contribution in [0.5, 0.6) is 0 Å². The average molecular weight is 215 g/mol. The molecule has 1 aromatic heterocycles. The summed E-state index contributed by atoms with van der Waals surface area (Å²) in [5.41, 5.74) is -1.83. The second kappa shape index (κ2) is 4.23. The Morgan fingerprint density at radius 3 is 2.50 bits per heavy atom. The van der Waals surface area contributed by atoms with Gasteiger partial charge in [-0.15, -0.1) is 0 Å². The van der Waals surface area contributed by atoms with Gasteiger partial charge in [0, 0.05) is 23.8 Å². The maximum Gasteiger partial charge on any atom is 0.336 e. The summed E-state index contributed by atoms with van der Waals surface area (Å²) >= 11 is 0. The van der Waals surface area contributed by atoms with Crippen LogP contribution in [0.25, 0.3) is 0 Å². The Balaban J connectivity index is 3.31. The maximum atomic E-state index is 11.4. The van der Waals surface area contributed by atoms with Gasteiger partial charge in [-0.2, -0.15) is 0 Å². The summed E-state index contributed by atoms with van der Waals surface area (Å²) in [5.74, 6) is 0. The first-order valence-electron chi connectivity index (χ1n) is 4.48. The minimum absolute atomic E-state index is 0.381. The van der Waals surface area contributed by atoms with E-state index < -0.39 is 17.1 Å². The molecule has 0 radical (unpaired) electrons. The molecule has 0 amide bonds. The van der Waals surface area contributed by atoms with E-state index in [-0.39, 0.29) is 0 Å². The summed E-state index contributed by atoms with van der Waals surface area (Å²) in [6.45, 7) is 0.381. The molecule has 1 N–H and O–H groups in total. The van der Waals surface area contributed by atoms with Crippen LogP contribution in [0.4, 0.5) is 0 Å². The van der Waals surface area contributed by atoms with Gasteiger partial charge < -0.3 is 0 Å². The standard InChI is InChI=1S/C7H13N3O3Si/c1-9-5(11)8-6(12)10(7(9)13)3-2-4-14/h2-4H2,1,14H3,(H,8,11,12). The third-order valence-electron chi connectivity index (χ3n) is 2.02. The van der Waals surface area contributed by atoms with E-state index in [0.717, 1.165) is 31.8 Å². The summed E-state index contributed by atoms with van der Waals surface area (Å²) in [7, 11) is 2.39. The highest BCUT2D eigenvalue weighted by Crippen LogP contribution is 1.84. The normalized spacial score (nSPS) is 10.6. The van der Waals surface area contributed by atoms with Gasteiger partial charge in [0.05, 0.1) is 0 Å². The molecule has 0 unspecified atom stereocenters. The summed E-state index contributed by atoms with van der Waals surface area (Å²) in [6.07, 6.45) is 0.799. The number of hydrogen-bond acceptors (Lipinski definition) is 3. The number of nitrogens with one attached hydrogen (secondary N) is 1. The van der Waals surface area contributed by atoms with Crippen molar-refractivity contribution in [3.8, 4) is 0 Å². The molecule has 0 bridgehead atoms. The molecule has 0 saturated carbocycles. The Bertz CT molecular complexity index is 484. The lowest BCUT2D eigenvalue weighted by atomic mass is 10.5. The third-order valence-corrected chi connectivity index (χ3v) is 2.72. The van der Waals surface area contributed by atoms with Gasteiger partial charge in [0.25, 0.3) is 0 Å². The Morgan fingerprint density at radius 2 is 1.93 bits per heavy atom. The van der Waals surface area contributed by atoms with Crippen LogP contribution in [0.2, 0.25) is 6.04 Å². The molecule has 78 valence electrons. The van der Waals surface area contributed by atoms with E-state index in [0.29, 0.717) is 6.54 Å². The van der Waals surface area contributed by atoms with E-state index in [2.05, 4.69) is 4.98 Å². The molecule has 0 aliphatic rings. The fourth-order valence-electron chi connectivity index (χ4n) is 1.11. The molecule has 14 heavy (non-hydrogen) atoms. The quantitative estimate of drug-likeness (QED) is 0.562. The van der Waals surface area contributed by atoms with Gasteiger partial charge in [0.15, 0.2) is 0 Å². The van der Waals surface area contributed by atoms with Gasteiger partial charge in [-0.1, -0.05) is 6.04 Å². The second-order valence-corrected chi connectivity index (χ2v) is 4.08. The molecule has 0 aromatic carbocycles. The predicted molar refractivity (Wildman–Crippen MR) is 55.9 cm³/mol. The third kappa shape index (κ3) is 1.92. The Hall–Kier alpha value is -1.37. The molecule has 0 aliphatic heterocycles. The molecular formula is C7H13N3O3Si. The molecular weight excluding hydrogens is 202 g/mol. The van der Waals surface area contributed by atoms with Crippen molar-refractivity contribution in [3.63, 3.8) is 0 Å². The predicted octanol–water partition coefficient (Wildman–Crippen LogP) is -2.59. The van der Waals surface area contributed by atoms with Crippen LogP contribution in [0.1, 0.15) is 6.42 Å². The minimum atomic E-state index is -0.665. The smallest absolute Gasteiger partial charge is 0.259 e. The van der Waals surface area contributed by atoms with Crippen LogP contribution in [0.15, 0.2) is 14.4 Å². The van der Waals surface area contributed by atoms with E-state index in [1.807, 2.05) is 0 Å². The summed E-state index contributed by atoms with van der Waals surface area (Å²) in [4.78, 5) is 35.7. The SMILES string of the molecule is Cn1c(=O)[nH]c(=O)n(CCC[SiH3])c1=O. The Labute approximate surface area is 82.6 Å². The molecule has 1 heterocycles. The summed E-state index contributed by atoms with van der Waals surface area (Å²) in [5, 5.41) is 0. The number of H-pyrrole nitrogens is 1. The largest absolute Gasteiger partial charge is 0.336 e. The minimum Gasteiger partial charge on any atom is -0.259 e. The summed E-state index contributed by atoms with van der Waals surface area (Å²) < 4.78 is 1.95. The van der Waals surface area contributed by atoms with Crippen molar-refractivity contribution in [2.45, 2.75) is 19.0 Å². The molecule has 0 saturated heterocycles. The van der Waals surface area contributed by atoms with Gasteiger partial charge in [0.1, 0.15) is 0 Å². The number of aromatic amines is 1. The molecule has 1 rings (SSSR count). The van der Waals surface area contributed by atoms with Crippen LogP contribution in [0, 0.1) is 0 Å². The van der Waals surface area contributed by atoms with Crippen LogP contribution < -0.4 is 17.1 Å². The van der Waals surface area contributed by atoms with Gasteiger partial charge in [-0.3, -0.25) is 4.98 Å². The average Bonchev–Trinajstić information content (AvgIpc) is 2.14. The monoisotopic (exact) mass is 215 g/mol. The molecule has 7 heteroatoms. The number of nitrogens with zero attached hydrogens (tertiary/aromatic N) is 2. The van der Waals surface area contributed by atoms with Crippen LogP contribution in [0.3, 0.4) is 0 Å². The van der Waals surface area contributed by atoms with Crippen molar-refractivity contribution in [2.24, 2.45) is 7.05 Å². The van der Waals surface area contributed by atoms with Crippen molar-refractivity contribution in [1.82, 2.24) is 14.1 Å². The molecule has 6 nitrogen and oxygen atoms in total. The van der Waals surface area contributed by atoms with E-state index in [4.69, 9.17) is 0 Å². The van der Waals surface area contributed by atoms with E-state index in [9.17, 15) is 14.4 Å². The molecule has 0 aliphatic carbocycles. The fraction of sp³-hybridized carbons (Fsp3) is 0.571. The zero-order valence-electron chi connectivity index (χ0n) is 8.24. The van der Waals surface area contributed by atoms with Crippen molar-refractivity contribution in [2.75, 3.05) is 0 Å². The van der Waals surface area contributed by atoms with Gasteiger partial charge in [-0.25, -0.2) is 23.5 Å². The molecule has 0 spiro atoms. The van der Waals surface area contributed by atoms with E-state index in [1.165, 1.54) is 7.05 Å². The van der Waals surface area contributed by atoms with Crippen LogP contribution in [-0.2, 0) is 13.6 Å². The highest BCUT2D eigenvalue weighted by molar-refractivity contribution is 6.08. The summed E-state index contributed by atoms with van der Waals surface area (Å²) in [6, 6.07) is 1.02. The van der Waals surface area contributed by atoms with Gasteiger partial charge in [-0.05, 0) is 6.42 Å². The second-order valence-electron chi connectivity index (χ2n) is 3.08. The zero-order chi connectivity index (χ0) is 10.7. The Kier molecular flexibility index (Phi) is 3.23. The van der Waals surface area contributed by atoms with Crippen molar-refractivity contribution >= 4 is 10.2 Å². The van der Waals surface area contributed by atoms with Crippen LogP contribution in [-0.4, -0.2) is 24.4 Å². The van der Waals surface area contributed by atoms with Crippen molar-refractivity contribution in [1.29, 1.82) is 0 Å². The van der Waals surface area contributed by atoms with Crippen molar-refractivity contribution < 1.29 is 0 Å². The van der Waals surface area contributed by atoms with E-state index in [1.54, 1.807) is 0 Å². The van der Waals surface area contributed by atoms with Gasteiger partial charge >= 0.3 is 17.1 Å². The lowest BCUT2D eigenvalue weighted by molar-refractivity contribution is 0.542. The highest BCUT2D eigenvalue weighted by atomic mass is 28.1. The number of aromatic nitrogens is 3. The first kappa shape index (κ1) is 10.7. The molecule has 1 aromatic rings. The highest BCUT2D eigenvalue weighted by Gasteiger charge is 2.04. The fourth-order valence-corrected chi connectivity index (χ4v) is 1.43. The number of hydrogen-bond donors (Lipinski definition) is 1. The maximum absolute atomic E-state index is 11.4. The van der Waals surface area contributed by atoms with E-state index >= 15 is 0 Å². The number of rotatable bonds is 3. The van der Waals surface area contributed by atoms with Gasteiger partial charge in [0.2, 0.25) is 0 Å². The first-order chi connectivity index (χ1) is 6.57. The van der Waals surface area contributed by atoms with Crippen LogP contribution >= 0.6 is 0 Å². The molecule has 0 fully saturated rings. The van der Waals surface area contributed by atoms with Crippen molar-refractivity contribution in [3.05, 3.63) is 31.5 Å². The first-order valence-corrected chi connectivity index (χ1v) is 5.89.